The molecule has 0 radical (unpaired) electrons. The van der Waals surface area contributed by atoms with Crippen LogP contribution in [0.25, 0.3) is 0 Å². The highest BCUT2D eigenvalue weighted by molar-refractivity contribution is 5.19. The van der Waals surface area contributed by atoms with E-state index in [1.807, 2.05) is 0 Å². The van der Waals surface area contributed by atoms with Gasteiger partial charge in [0.15, 0.2) is 0 Å². The molecule has 0 saturated carbocycles. The smallest absolute Gasteiger partial charge is 0.0679 e. The van der Waals surface area contributed by atoms with Crippen LogP contribution >= 0.6 is 0 Å². The Labute approximate surface area is 91.5 Å². The minimum absolute atomic E-state index is 0.104. The van der Waals surface area contributed by atoms with Gasteiger partial charge in [-0.2, -0.15) is 0 Å². The lowest BCUT2D eigenvalue weighted by Crippen LogP contribution is -2.26. The van der Waals surface area contributed by atoms with E-state index in [0.29, 0.717) is 5.92 Å². The summed E-state index contributed by atoms with van der Waals surface area (Å²) in [5.74, 6) is 0.552. The number of aliphatic hydroxyl groups excluding tert-OH is 1. The molecule has 0 aromatic heterocycles. The second kappa shape index (κ2) is 4.77. The normalized spacial score (nSPS) is 24.3. The Kier molecular flexibility index (Phi) is 3.39. The third-order valence-electron chi connectivity index (χ3n) is 3.15. The van der Waals surface area contributed by atoms with E-state index in [1.54, 1.807) is 0 Å². The van der Waals surface area contributed by atoms with Crippen LogP contribution in [-0.2, 0) is 0 Å². The lowest BCUT2D eigenvalue weighted by atomic mass is 10.0. The Hall–Kier alpha value is -0.860. The van der Waals surface area contributed by atoms with Gasteiger partial charge in [-0.05, 0) is 17.9 Å². The Balaban J connectivity index is 1.90. The van der Waals surface area contributed by atoms with Gasteiger partial charge in [0.25, 0.3) is 0 Å². The Morgan fingerprint density at radius 3 is 2.73 bits per heavy atom. The molecule has 82 valence electrons. The van der Waals surface area contributed by atoms with Crippen LogP contribution in [0.1, 0.15) is 24.8 Å². The third-order valence-corrected chi connectivity index (χ3v) is 3.15. The number of β-amino-alcohol motifs (C(OH)–C–C–N with tert-alkyl or cyclic N) is 1. The standard InChI is InChI=1S/C13H19NO/c1-11(12-5-3-2-4-6-12)9-14-8-7-13(15)10-14/h2-6,11,13,15H,7-10H2,1H3/t11-,13+/m1/s1. The molecular formula is C13H19NO. The van der Waals surface area contributed by atoms with Gasteiger partial charge in [0.1, 0.15) is 0 Å². The number of benzene rings is 1. The molecule has 1 aromatic rings. The van der Waals surface area contributed by atoms with Crippen LogP contribution in [0.2, 0.25) is 0 Å². The summed E-state index contributed by atoms with van der Waals surface area (Å²) in [6.07, 6.45) is 0.828. The quantitative estimate of drug-likeness (QED) is 0.814. The molecule has 15 heavy (non-hydrogen) atoms. The summed E-state index contributed by atoms with van der Waals surface area (Å²) < 4.78 is 0. The van der Waals surface area contributed by atoms with E-state index in [-0.39, 0.29) is 6.10 Å². The van der Waals surface area contributed by atoms with Crippen LogP contribution in [0, 0.1) is 0 Å². The van der Waals surface area contributed by atoms with Crippen LogP contribution in [0.3, 0.4) is 0 Å². The van der Waals surface area contributed by atoms with Crippen molar-refractivity contribution in [3.05, 3.63) is 35.9 Å². The van der Waals surface area contributed by atoms with Crippen LogP contribution in [0.15, 0.2) is 30.3 Å². The summed E-state index contributed by atoms with van der Waals surface area (Å²) >= 11 is 0. The van der Waals surface area contributed by atoms with Crippen LogP contribution in [0.4, 0.5) is 0 Å². The number of aliphatic hydroxyl groups is 1. The number of likely N-dealkylation sites (tertiary alicyclic amines) is 1. The molecule has 2 nitrogen and oxygen atoms in total. The molecule has 1 aliphatic heterocycles. The van der Waals surface area contributed by atoms with Crippen LogP contribution in [0.5, 0.6) is 0 Å². The summed E-state index contributed by atoms with van der Waals surface area (Å²) in [6, 6.07) is 10.6. The van der Waals surface area contributed by atoms with Gasteiger partial charge in [-0.25, -0.2) is 0 Å². The summed E-state index contributed by atoms with van der Waals surface area (Å²) in [7, 11) is 0. The molecule has 0 unspecified atom stereocenters. The fraction of sp³-hybridized carbons (Fsp3) is 0.538. The van der Waals surface area contributed by atoms with Gasteiger partial charge in [0.05, 0.1) is 6.10 Å². The van der Waals surface area contributed by atoms with E-state index in [9.17, 15) is 5.11 Å². The van der Waals surface area contributed by atoms with Gasteiger partial charge < -0.3 is 10.0 Å². The first-order chi connectivity index (χ1) is 7.25. The first-order valence-corrected chi connectivity index (χ1v) is 5.71. The second-order valence-corrected chi connectivity index (χ2v) is 4.51. The van der Waals surface area contributed by atoms with Crippen molar-refractivity contribution in [1.29, 1.82) is 0 Å². The first-order valence-electron chi connectivity index (χ1n) is 5.71. The maximum absolute atomic E-state index is 9.44. The molecule has 2 atom stereocenters. The molecule has 0 spiro atoms. The van der Waals surface area contributed by atoms with Crippen molar-refractivity contribution in [1.82, 2.24) is 4.90 Å². The second-order valence-electron chi connectivity index (χ2n) is 4.51. The Morgan fingerprint density at radius 1 is 1.40 bits per heavy atom. The van der Waals surface area contributed by atoms with Crippen molar-refractivity contribution >= 4 is 0 Å². The van der Waals surface area contributed by atoms with Gasteiger partial charge in [-0.15, -0.1) is 0 Å². The van der Waals surface area contributed by atoms with Crippen molar-refractivity contribution in [2.45, 2.75) is 25.4 Å². The molecule has 1 saturated heterocycles. The lowest BCUT2D eigenvalue weighted by Gasteiger charge is -2.20. The summed E-state index contributed by atoms with van der Waals surface area (Å²) in [6.45, 7) is 5.19. The van der Waals surface area contributed by atoms with Gasteiger partial charge in [-0.3, -0.25) is 0 Å². The topological polar surface area (TPSA) is 23.5 Å². The van der Waals surface area contributed by atoms with Crippen molar-refractivity contribution < 1.29 is 5.11 Å². The molecule has 0 aliphatic carbocycles. The SMILES string of the molecule is C[C@H](CN1CC[C@H](O)C1)c1ccccc1. The van der Waals surface area contributed by atoms with E-state index in [4.69, 9.17) is 0 Å². The molecule has 1 N–H and O–H groups in total. The molecule has 1 aliphatic rings. The third kappa shape index (κ3) is 2.80. The van der Waals surface area contributed by atoms with Crippen molar-refractivity contribution in [2.24, 2.45) is 0 Å². The molecule has 2 heteroatoms. The Morgan fingerprint density at radius 2 is 2.13 bits per heavy atom. The Bertz CT molecular complexity index is 299. The molecule has 1 aromatic carbocycles. The van der Waals surface area contributed by atoms with Crippen LogP contribution in [-0.4, -0.2) is 35.7 Å². The van der Waals surface area contributed by atoms with Gasteiger partial charge in [-0.1, -0.05) is 37.3 Å². The van der Waals surface area contributed by atoms with E-state index < -0.39 is 0 Å². The van der Waals surface area contributed by atoms with E-state index in [0.717, 1.165) is 26.1 Å². The predicted molar refractivity (Wildman–Crippen MR) is 61.9 cm³/mol. The van der Waals surface area contributed by atoms with Gasteiger partial charge in [0, 0.05) is 19.6 Å². The summed E-state index contributed by atoms with van der Waals surface area (Å²) in [5.41, 5.74) is 1.39. The maximum Gasteiger partial charge on any atom is 0.0679 e. The first kappa shape index (κ1) is 10.7. The molecule has 1 heterocycles. The summed E-state index contributed by atoms with van der Waals surface area (Å²) in [4.78, 5) is 2.35. The maximum atomic E-state index is 9.44. The molecular weight excluding hydrogens is 186 g/mol. The number of hydrogen-bond acceptors (Lipinski definition) is 2. The highest BCUT2D eigenvalue weighted by atomic mass is 16.3. The number of rotatable bonds is 3. The fourth-order valence-electron chi connectivity index (χ4n) is 2.25. The highest BCUT2D eigenvalue weighted by Crippen LogP contribution is 2.18. The minimum Gasteiger partial charge on any atom is -0.392 e. The average molecular weight is 205 g/mol. The minimum atomic E-state index is -0.104. The lowest BCUT2D eigenvalue weighted by molar-refractivity contribution is 0.175. The van der Waals surface area contributed by atoms with E-state index >= 15 is 0 Å². The van der Waals surface area contributed by atoms with E-state index in [1.165, 1.54) is 5.56 Å². The average Bonchev–Trinajstić information content (AvgIpc) is 2.65. The van der Waals surface area contributed by atoms with Gasteiger partial charge >= 0.3 is 0 Å². The largest absolute Gasteiger partial charge is 0.392 e. The van der Waals surface area contributed by atoms with Crippen molar-refractivity contribution in [3.63, 3.8) is 0 Å². The molecule has 2 rings (SSSR count). The summed E-state index contributed by atoms with van der Waals surface area (Å²) in [5, 5.41) is 9.44. The van der Waals surface area contributed by atoms with Crippen molar-refractivity contribution in [3.8, 4) is 0 Å². The zero-order valence-electron chi connectivity index (χ0n) is 9.26. The van der Waals surface area contributed by atoms with Crippen molar-refractivity contribution in [2.75, 3.05) is 19.6 Å². The molecule has 0 bridgehead atoms. The number of nitrogens with zero attached hydrogens (tertiary/aromatic N) is 1. The van der Waals surface area contributed by atoms with Gasteiger partial charge in [0.2, 0.25) is 0 Å². The fourth-order valence-corrected chi connectivity index (χ4v) is 2.25. The highest BCUT2D eigenvalue weighted by Gasteiger charge is 2.21. The predicted octanol–water partition coefficient (Wildman–Crippen LogP) is 1.86. The zero-order valence-corrected chi connectivity index (χ0v) is 9.26. The molecule has 0 amide bonds. The van der Waals surface area contributed by atoms with Crippen LogP contribution < -0.4 is 0 Å². The van der Waals surface area contributed by atoms with E-state index in [2.05, 4.69) is 42.2 Å². The number of hydrogen-bond donors (Lipinski definition) is 1. The monoisotopic (exact) mass is 205 g/mol. The molecule has 1 fully saturated rings. The zero-order chi connectivity index (χ0) is 10.7.